The first kappa shape index (κ1) is 16.2. The van der Waals surface area contributed by atoms with Crippen LogP contribution >= 0.6 is 11.6 Å². The van der Waals surface area contributed by atoms with E-state index in [1.165, 1.54) is 4.85 Å². The largest absolute Gasteiger partial charge is 0.355 e. The SMILES string of the molecule is CCC(C)=O.Cc1nnn(Oc2ccccc2Cl)c1C. The second-order valence-electron chi connectivity index (χ2n) is 4.21. The molecule has 0 spiro atoms. The zero-order chi connectivity index (χ0) is 15.1. The van der Waals surface area contributed by atoms with E-state index in [2.05, 4.69) is 10.3 Å². The average Bonchev–Trinajstić information content (AvgIpc) is 2.74. The Morgan fingerprint density at radius 1 is 1.35 bits per heavy atom. The summed E-state index contributed by atoms with van der Waals surface area (Å²) in [6.45, 7) is 7.18. The summed E-state index contributed by atoms with van der Waals surface area (Å²) in [7, 11) is 0. The van der Waals surface area contributed by atoms with E-state index in [4.69, 9.17) is 16.4 Å². The van der Waals surface area contributed by atoms with Gasteiger partial charge in [-0.1, -0.05) is 35.5 Å². The van der Waals surface area contributed by atoms with E-state index in [9.17, 15) is 4.79 Å². The Labute approximate surface area is 123 Å². The molecule has 2 rings (SSSR count). The fourth-order valence-electron chi connectivity index (χ4n) is 1.08. The van der Waals surface area contributed by atoms with Gasteiger partial charge in [-0.15, -0.1) is 5.10 Å². The fourth-order valence-corrected chi connectivity index (χ4v) is 1.25. The molecule has 0 N–H and O–H groups in total. The second kappa shape index (κ2) is 7.65. The van der Waals surface area contributed by atoms with E-state index in [1.54, 1.807) is 19.1 Å². The predicted molar refractivity (Wildman–Crippen MR) is 77.9 cm³/mol. The quantitative estimate of drug-likeness (QED) is 0.871. The molecule has 0 saturated heterocycles. The standard InChI is InChI=1S/C10H10ClN3O.C4H8O/c1-7-8(2)14(13-12-7)15-10-6-4-3-5-9(10)11;1-3-4(2)5/h3-6H,1-2H3;3H2,1-2H3. The molecular formula is C14H18ClN3O2. The van der Waals surface area contributed by atoms with Crippen LogP contribution in [0.15, 0.2) is 24.3 Å². The molecule has 0 radical (unpaired) electrons. The normalized spacial score (nSPS) is 9.65. The van der Waals surface area contributed by atoms with Crippen molar-refractivity contribution < 1.29 is 9.63 Å². The van der Waals surface area contributed by atoms with Gasteiger partial charge >= 0.3 is 0 Å². The summed E-state index contributed by atoms with van der Waals surface area (Å²) < 4.78 is 0. The van der Waals surface area contributed by atoms with Crippen molar-refractivity contribution in [2.45, 2.75) is 34.1 Å². The van der Waals surface area contributed by atoms with Gasteiger partial charge in [-0.2, -0.15) is 0 Å². The van der Waals surface area contributed by atoms with Gasteiger partial charge in [0, 0.05) is 6.42 Å². The highest BCUT2D eigenvalue weighted by atomic mass is 35.5. The van der Waals surface area contributed by atoms with Crippen LogP contribution in [0, 0.1) is 13.8 Å². The maximum atomic E-state index is 9.81. The van der Waals surface area contributed by atoms with Gasteiger partial charge in [-0.3, -0.25) is 0 Å². The molecule has 0 fully saturated rings. The Morgan fingerprint density at radius 3 is 2.40 bits per heavy atom. The second-order valence-corrected chi connectivity index (χ2v) is 4.62. The number of rotatable bonds is 3. The number of carbonyl (C=O) groups excluding carboxylic acids is 1. The van der Waals surface area contributed by atoms with Crippen molar-refractivity contribution in [2.24, 2.45) is 0 Å². The third-order valence-electron chi connectivity index (χ3n) is 2.61. The third-order valence-corrected chi connectivity index (χ3v) is 2.92. The number of halogens is 1. The van der Waals surface area contributed by atoms with Crippen LogP contribution in [-0.2, 0) is 4.79 Å². The van der Waals surface area contributed by atoms with Crippen molar-refractivity contribution in [1.29, 1.82) is 0 Å². The first-order valence-electron chi connectivity index (χ1n) is 6.27. The minimum Gasteiger partial charge on any atom is -0.355 e. The van der Waals surface area contributed by atoms with Crippen molar-refractivity contribution in [3.8, 4) is 5.75 Å². The van der Waals surface area contributed by atoms with Gasteiger partial charge in [0.25, 0.3) is 0 Å². The summed E-state index contributed by atoms with van der Waals surface area (Å²) in [5.41, 5.74) is 1.69. The Bertz CT molecular complexity index is 582. The van der Waals surface area contributed by atoms with Crippen LogP contribution < -0.4 is 4.84 Å². The number of ketones is 1. The highest BCUT2D eigenvalue weighted by molar-refractivity contribution is 6.32. The molecule has 108 valence electrons. The lowest BCUT2D eigenvalue weighted by Crippen LogP contribution is -2.09. The Balaban J connectivity index is 0.000000347. The van der Waals surface area contributed by atoms with Crippen LogP contribution in [-0.4, -0.2) is 20.9 Å². The number of carbonyl (C=O) groups is 1. The monoisotopic (exact) mass is 295 g/mol. The van der Waals surface area contributed by atoms with E-state index >= 15 is 0 Å². The van der Waals surface area contributed by atoms with Gasteiger partial charge in [-0.05, 0) is 38.1 Å². The van der Waals surface area contributed by atoms with E-state index in [0.717, 1.165) is 11.4 Å². The summed E-state index contributed by atoms with van der Waals surface area (Å²) in [5, 5.41) is 8.27. The first-order chi connectivity index (χ1) is 9.45. The Hall–Kier alpha value is -1.88. The number of benzene rings is 1. The van der Waals surface area contributed by atoms with Crippen LogP contribution in [0.3, 0.4) is 0 Å². The van der Waals surface area contributed by atoms with Gasteiger partial charge in [0.2, 0.25) is 0 Å². The number of para-hydroxylation sites is 1. The van der Waals surface area contributed by atoms with Crippen molar-refractivity contribution in [3.63, 3.8) is 0 Å². The number of hydrogen-bond acceptors (Lipinski definition) is 4. The van der Waals surface area contributed by atoms with E-state index in [-0.39, 0.29) is 5.78 Å². The maximum absolute atomic E-state index is 9.81. The molecule has 2 aromatic rings. The molecular weight excluding hydrogens is 278 g/mol. The minimum atomic E-state index is 0.255. The van der Waals surface area contributed by atoms with Crippen LogP contribution in [0.1, 0.15) is 31.7 Å². The Kier molecular flexibility index (Phi) is 6.18. The number of aryl methyl sites for hydroxylation is 1. The summed E-state index contributed by atoms with van der Waals surface area (Å²) in [4.78, 5) is 16.6. The molecule has 0 aliphatic rings. The topological polar surface area (TPSA) is 57.0 Å². The van der Waals surface area contributed by atoms with Gasteiger partial charge in [0.15, 0.2) is 5.75 Å². The molecule has 20 heavy (non-hydrogen) atoms. The summed E-state index contributed by atoms with van der Waals surface area (Å²) in [5.74, 6) is 0.817. The molecule has 1 aromatic carbocycles. The van der Waals surface area contributed by atoms with Crippen LogP contribution in [0.5, 0.6) is 5.75 Å². The highest BCUT2D eigenvalue weighted by Crippen LogP contribution is 2.23. The lowest BCUT2D eigenvalue weighted by atomic mass is 10.3. The van der Waals surface area contributed by atoms with Gasteiger partial charge in [-0.25, -0.2) is 0 Å². The molecule has 5 nitrogen and oxygen atoms in total. The van der Waals surface area contributed by atoms with Crippen molar-refractivity contribution >= 4 is 17.4 Å². The molecule has 0 saturated carbocycles. The van der Waals surface area contributed by atoms with Crippen LogP contribution in [0.2, 0.25) is 5.02 Å². The lowest BCUT2D eigenvalue weighted by molar-refractivity contribution is -0.116. The van der Waals surface area contributed by atoms with Gasteiger partial charge < -0.3 is 9.63 Å². The van der Waals surface area contributed by atoms with Crippen LogP contribution in [0.4, 0.5) is 0 Å². The maximum Gasteiger partial charge on any atom is 0.176 e. The minimum absolute atomic E-state index is 0.255. The molecule has 1 heterocycles. The zero-order valence-electron chi connectivity index (χ0n) is 12.1. The smallest absolute Gasteiger partial charge is 0.176 e. The molecule has 0 bridgehead atoms. The van der Waals surface area contributed by atoms with Gasteiger partial charge in [0.05, 0.1) is 10.7 Å². The van der Waals surface area contributed by atoms with Crippen LogP contribution in [0.25, 0.3) is 0 Å². The molecule has 1 aromatic heterocycles. The number of Topliss-reactive ketones (excluding diaryl/α,β-unsaturated/α-hetero) is 1. The lowest BCUT2D eigenvalue weighted by Gasteiger charge is -2.06. The van der Waals surface area contributed by atoms with E-state index in [0.29, 0.717) is 17.2 Å². The zero-order valence-corrected chi connectivity index (χ0v) is 12.8. The summed E-state index contributed by atoms with van der Waals surface area (Å²) in [6.07, 6.45) is 0.667. The summed E-state index contributed by atoms with van der Waals surface area (Å²) in [6, 6.07) is 7.23. The average molecular weight is 296 g/mol. The van der Waals surface area contributed by atoms with E-state index in [1.807, 2.05) is 32.9 Å². The predicted octanol–water partition coefficient (Wildman–Crippen LogP) is 3.38. The highest BCUT2D eigenvalue weighted by Gasteiger charge is 2.07. The first-order valence-corrected chi connectivity index (χ1v) is 6.64. The van der Waals surface area contributed by atoms with Gasteiger partial charge in [0.1, 0.15) is 11.5 Å². The van der Waals surface area contributed by atoms with Crippen molar-refractivity contribution in [3.05, 3.63) is 40.7 Å². The fraction of sp³-hybridized carbons (Fsp3) is 0.357. The van der Waals surface area contributed by atoms with E-state index < -0.39 is 0 Å². The third kappa shape index (κ3) is 4.66. The molecule has 0 amide bonds. The number of nitrogens with zero attached hydrogens (tertiary/aromatic N) is 3. The summed E-state index contributed by atoms with van der Waals surface area (Å²) >= 11 is 5.95. The molecule has 0 aliphatic carbocycles. The molecule has 0 unspecified atom stereocenters. The molecule has 0 atom stereocenters. The molecule has 0 aliphatic heterocycles. The number of hydrogen-bond donors (Lipinski definition) is 0. The molecule has 6 heteroatoms. The Morgan fingerprint density at radius 2 is 1.95 bits per heavy atom. The van der Waals surface area contributed by atoms with Crippen molar-refractivity contribution in [2.75, 3.05) is 0 Å². The number of aromatic nitrogens is 3. The van der Waals surface area contributed by atoms with Crippen molar-refractivity contribution in [1.82, 2.24) is 15.2 Å².